The van der Waals surface area contributed by atoms with Crippen LogP contribution >= 0.6 is 0 Å². The van der Waals surface area contributed by atoms with Crippen LogP contribution in [0.2, 0.25) is 0 Å². The van der Waals surface area contributed by atoms with Crippen molar-refractivity contribution >= 4 is 5.91 Å². The predicted molar refractivity (Wildman–Crippen MR) is 102 cm³/mol. The molecule has 1 aliphatic heterocycles. The second kappa shape index (κ2) is 8.65. The van der Waals surface area contributed by atoms with Crippen molar-refractivity contribution < 1.29 is 31.3 Å². The molecular weight excluding hydrogens is 435 g/mol. The predicted octanol–water partition coefficient (Wildman–Crippen LogP) is 3.99. The van der Waals surface area contributed by atoms with Gasteiger partial charge in [0.15, 0.2) is 11.6 Å². The average Bonchev–Trinajstić information content (AvgIpc) is 3.24. The Morgan fingerprint density at radius 1 is 1.00 bits per heavy atom. The minimum atomic E-state index is -4.47. The molecule has 0 N–H and O–H groups in total. The largest absolute Gasteiger partial charge is 0.416 e. The van der Waals surface area contributed by atoms with E-state index in [1.807, 2.05) is 4.90 Å². The summed E-state index contributed by atoms with van der Waals surface area (Å²) in [6.45, 7) is 1.91. The van der Waals surface area contributed by atoms with Crippen molar-refractivity contribution in [2.24, 2.45) is 0 Å². The zero-order chi connectivity index (χ0) is 22.9. The highest BCUT2D eigenvalue weighted by molar-refractivity contribution is 5.94. The van der Waals surface area contributed by atoms with Gasteiger partial charge in [-0.1, -0.05) is 17.3 Å². The van der Waals surface area contributed by atoms with E-state index < -0.39 is 29.3 Å². The lowest BCUT2D eigenvalue weighted by atomic mass is 10.1. The number of carbonyl (C=O) groups is 1. The molecule has 0 saturated carbocycles. The molecule has 11 heteroatoms. The van der Waals surface area contributed by atoms with Crippen molar-refractivity contribution in [2.45, 2.75) is 12.7 Å². The Kier molecular flexibility index (Phi) is 5.92. The second-order valence-electron chi connectivity index (χ2n) is 7.29. The van der Waals surface area contributed by atoms with Gasteiger partial charge in [-0.3, -0.25) is 9.69 Å². The van der Waals surface area contributed by atoms with Crippen molar-refractivity contribution in [3.8, 4) is 11.4 Å². The van der Waals surface area contributed by atoms with Crippen LogP contribution in [-0.4, -0.2) is 52.0 Å². The topological polar surface area (TPSA) is 62.5 Å². The Balaban J connectivity index is 1.36. The summed E-state index contributed by atoms with van der Waals surface area (Å²) in [7, 11) is 0. The summed E-state index contributed by atoms with van der Waals surface area (Å²) in [5.41, 5.74) is -0.542. The van der Waals surface area contributed by atoms with Crippen LogP contribution in [0.5, 0.6) is 0 Å². The second-order valence-corrected chi connectivity index (χ2v) is 7.29. The number of nitrogens with zero attached hydrogens (tertiary/aromatic N) is 4. The van der Waals surface area contributed by atoms with Crippen molar-refractivity contribution in [1.82, 2.24) is 19.9 Å². The minimum Gasteiger partial charge on any atom is -0.338 e. The van der Waals surface area contributed by atoms with E-state index >= 15 is 0 Å². The van der Waals surface area contributed by atoms with Gasteiger partial charge in [-0.25, -0.2) is 8.78 Å². The third-order valence-electron chi connectivity index (χ3n) is 5.10. The van der Waals surface area contributed by atoms with E-state index in [0.717, 1.165) is 24.3 Å². The number of rotatable bonds is 4. The first-order valence-corrected chi connectivity index (χ1v) is 9.67. The van der Waals surface area contributed by atoms with Crippen LogP contribution in [0.25, 0.3) is 11.4 Å². The van der Waals surface area contributed by atoms with Gasteiger partial charge in [0, 0.05) is 37.3 Å². The molecule has 1 saturated heterocycles. The monoisotopic (exact) mass is 452 g/mol. The molecule has 1 aromatic heterocycles. The Morgan fingerprint density at radius 2 is 1.75 bits per heavy atom. The molecule has 1 fully saturated rings. The first-order chi connectivity index (χ1) is 15.2. The smallest absolute Gasteiger partial charge is 0.338 e. The van der Waals surface area contributed by atoms with E-state index in [1.54, 1.807) is 0 Å². The molecule has 1 aliphatic rings. The van der Waals surface area contributed by atoms with Gasteiger partial charge in [-0.15, -0.1) is 0 Å². The van der Waals surface area contributed by atoms with Gasteiger partial charge in [0.05, 0.1) is 12.1 Å². The Hall–Kier alpha value is -3.34. The highest BCUT2D eigenvalue weighted by Gasteiger charge is 2.31. The van der Waals surface area contributed by atoms with Crippen molar-refractivity contribution in [3.05, 3.63) is 71.1 Å². The molecule has 2 heterocycles. The Bertz CT molecular complexity index is 1120. The van der Waals surface area contributed by atoms with Gasteiger partial charge in [0.1, 0.15) is 0 Å². The van der Waals surface area contributed by atoms with Gasteiger partial charge < -0.3 is 9.42 Å². The van der Waals surface area contributed by atoms with E-state index in [-0.39, 0.29) is 29.4 Å². The quantitative estimate of drug-likeness (QED) is 0.561. The summed E-state index contributed by atoms with van der Waals surface area (Å²) in [6.07, 6.45) is -4.47. The highest BCUT2D eigenvalue weighted by atomic mass is 19.4. The van der Waals surface area contributed by atoms with Crippen LogP contribution in [0.3, 0.4) is 0 Å². The molecule has 1 amide bonds. The van der Waals surface area contributed by atoms with Gasteiger partial charge in [0.2, 0.25) is 11.7 Å². The fourth-order valence-electron chi connectivity index (χ4n) is 3.38. The minimum absolute atomic E-state index is 0.0539. The molecule has 6 nitrogen and oxygen atoms in total. The Morgan fingerprint density at radius 3 is 2.44 bits per heavy atom. The standard InChI is InChI=1S/C21H17F5N4O2/c22-16-5-4-14(11-17(16)23)20(31)30-8-6-29(7-9-30)12-18-27-19(28-32-18)13-2-1-3-15(10-13)21(24,25)26/h1-5,10-11H,6-9,12H2. The third kappa shape index (κ3) is 4.77. The number of amides is 1. The van der Waals surface area contributed by atoms with Crippen molar-refractivity contribution in [3.63, 3.8) is 0 Å². The SMILES string of the molecule is O=C(c1ccc(F)c(F)c1)N1CCN(Cc2nc(-c3cccc(C(F)(F)F)c3)no2)CC1. The molecule has 0 spiro atoms. The van der Waals surface area contributed by atoms with E-state index in [2.05, 4.69) is 10.1 Å². The molecule has 0 radical (unpaired) electrons. The van der Waals surface area contributed by atoms with E-state index in [0.29, 0.717) is 26.2 Å². The highest BCUT2D eigenvalue weighted by Crippen LogP contribution is 2.31. The first kappa shape index (κ1) is 21.9. The van der Waals surface area contributed by atoms with Gasteiger partial charge >= 0.3 is 6.18 Å². The van der Waals surface area contributed by atoms with Crippen LogP contribution in [0, 0.1) is 11.6 Å². The first-order valence-electron chi connectivity index (χ1n) is 9.67. The normalized spacial score (nSPS) is 15.2. The van der Waals surface area contributed by atoms with Gasteiger partial charge in [-0.05, 0) is 30.3 Å². The summed E-state index contributed by atoms with van der Waals surface area (Å²) in [4.78, 5) is 20.1. The molecule has 0 atom stereocenters. The zero-order valence-electron chi connectivity index (χ0n) is 16.6. The number of halogens is 5. The van der Waals surface area contributed by atoms with Crippen LogP contribution in [-0.2, 0) is 12.7 Å². The fourth-order valence-corrected chi connectivity index (χ4v) is 3.38. The Labute approximate surface area is 179 Å². The molecule has 0 aliphatic carbocycles. The van der Waals surface area contributed by atoms with E-state index in [9.17, 15) is 26.7 Å². The summed E-state index contributed by atoms with van der Waals surface area (Å²) in [5, 5.41) is 3.76. The lowest BCUT2D eigenvalue weighted by Gasteiger charge is -2.34. The summed E-state index contributed by atoms with van der Waals surface area (Å²) in [5.74, 6) is -2.21. The van der Waals surface area contributed by atoms with E-state index in [4.69, 9.17) is 4.52 Å². The third-order valence-corrected chi connectivity index (χ3v) is 5.10. The zero-order valence-corrected chi connectivity index (χ0v) is 16.6. The lowest BCUT2D eigenvalue weighted by molar-refractivity contribution is -0.137. The molecule has 168 valence electrons. The van der Waals surface area contributed by atoms with Crippen molar-refractivity contribution in [1.29, 1.82) is 0 Å². The molecule has 0 unspecified atom stereocenters. The molecule has 0 bridgehead atoms. The van der Waals surface area contributed by atoms with Crippen LogP contribution in [0.15, 0.2) is 47.0 Å². The number of hydrogen-bond donors (Lipinski definition) is 0. The maximum atomic E-state index is 13.4. The number of alkyl halides is 3. The van der Waals surface area contributed by atoms with Gasteiger partial charge in [0.25, 0.3) is 5.91 Å². The molecule has 2 aromatic carbocycles. The molecule has 32 heavy (non-hydrogen) atoms. The van der Waals surface area contributed by atoms with Crippen LogP contribution in [0.4, 0.5) is 22.0 Å². The summed E-state index contributed by atoms with van der Waals surface area (Å²) < 4.78 is 70.3. The maximum absolute atomic E-state index is 13.4. The maximum Gasteiger partial charge on any atom is 0.416 e. The van der Waals surface area contributed by atoms with Crippen LogP contribution in [0.1, 0.15) is 21.8 Å². The fraction of sp³-hybridized carbons (Fsp3) is 0.286. The molecule has 3 aromatic rings. The molecular formula is C21H17F5N4O2. The van der Waals surface area contributed by atoms with E-state index in [1.165, 1.54) is 23.1 Å². The number of piperazine rings is 1. The number of benzene rings is 2. The summed E-state index contributed by atoms with van der Waals surface area (Å²) in [6, 6.07) is 7.68. The van der Waals surface area contributed by atoms with Crippen LogP contribution < -0.4 is 0 Å². The number of aromatic nitrogens is 2. The number of hydrogen-bond acceptors (Lipinski definition) is 5. The van der Waals surface area contributed by atoms with Gasteiger partial charge in [-0.2, -0.15) is 18.2 Å². The number of carbonyl (C=O) groups excluding carboxylic acids is 1. The molecule has 4 rings (SSSR count). The van der Waals surface area contributed by atoms with Crippen molar-refractivity contribution in [2.75, 3.05) is 26.2 Å². The lowest BCUT2D eigenvalue weighted by Crippen LogP contribution is -2.48. The average molecular weight is 452 g/mol. The summed E-state index contributed by atoms with van der Waals surface area (Å²) >= 11 is 0.